The fourth-order valence-corrected chi connectivity index (χ4v) is 1.80. The van der Waals surface area contributed by atoms with Crippen LogP contribution in [-0.4, -0.2) is 49.3 Å². The fourth-order valence-electron chi connectivity index (χ4n) is 1.80. The molecule has 1 N–H and O–H groups in total. The number of nitrogens with zero attached hydrogens (tertiary/aromatic N) is 2. The Labute approximate surface area is 117 Å². The van der Waals surface area contributed by atoms with Gasteiger partial charge in [0.25, 0.3) is 0 Å². The molecule has 0 spiro atoms. The molecule has 0 aromatic heterocycles. The fraction of sp³-hybridized carbons (Fsp3) is 0.667. The Morgan fingerprint density at radius 1 is 1.55 bits per heavy atom. The van der Waals surface area contributed by atoms with E-state index in [9.17, 15) is 14.9 Å². The van der Waals surface area contributed by atoms with Gasteiger partial charge < -0.3 is 9.47 Å². The highest BCUT2D eigenvalue weighted by atomic mass is 16.6. The first-order chi connectivity index (χ1) is 9.46. The van der Waals surface area contributed by atoms with E-state index in [1.165, 1.54) is 19.3 Å². The lowest BCUT2D eigenvalue weighted by molar-refractivity contribution is -0.548. The van der Waals surface area contributed by atoms with Crippen LogP contribution in [0, 0.1) is 10.1 Å². The maximum absolute atomic E-state index is 11.9. The van der Waals surface area contributed by atoms with Gasteiger partial charge in [-0.1, -0.05) is 0 Å². The maximum Gasteiger partial charge on any atom is 0.376 e. The predicted octanol–water partition coefficient (Wildman–Crippen LogP) is 0.505. The Hall–Kier alpha value is -1.64. The van der Waals surface area contributed by atoms with E-state index in [1.54, 1.807) is 14.0 Å². The van der Waals surface area contributed by atoms with E-state index < -0.39 is 22.7 Å². The highest BCUT2D eigenvalue weighted by molar-refractivity contribution is 6.07. The van der Waals surface area contributed by atoms with Crippen molar-refractivity contribution in [2.24, 2.45) is 4.99 Å². The minimum atomic E-state index is -2.06. The van der Waals surface area contributed by atoms with Crippen molar-refractivity contribution < 1.29 is 19.2 Å². The van der Waals surface area contributed by atoms with Crippen molar-refractivity contribution in [3.05, 3.63) is 22.3 Å². The summed E-state index contributed by atoms with van der Waals surface area (Å²) in [5.41, 5.74) is -1.63. The average molecular weight is 285 g/mol. The van der Waals surface area contributed by atoms with Gasteiger partial charge in [0.05, 0.1) is 4.92 Å². The van der Waals surface area contributed by atoms with Crippen LogP contribution in [0.4, 0.5) is 0 Å². The number of nitro groups is 1. The molecule has 1 rings (SSSR count). The molecule has 2 unspecified atom stereocenters. The van der Waals surface area contributed by atoms with E-state index in [0.717, 1.165) is 0 Å². The summed E-state index contributed by atoms with van der Waals surface area (Å²) in [6, 6.07) is 0. The SMILES string of the molecule is COCCCC(NC1([N+](=O)[O-])C=CC(C)=NC1=O)OC. The molecule has 1 amide bonds. The molecule has 0 bridgehead atoms. The smallest absolute Gasteiger partial charge is 0.376 e. The first kappa shape index (κ1) is 16.4. The summed E-state index contributed by atoms with van der Waals surface area (Å²) in [5, 5.41) is 13.9. The number of hydrogen-bond acceptors (Lipinski definition) is 6. The van der Waals surface area contributed by atoms with E-state index >= 15 is 0 Å². The molecule has 8 nitrogen and oxygen atoms in total. The first-order valence-electron chi connectivity index (χ1n) is 6.19. The number of methoxy groups -OCH3 is 2. The Morgan fingerprint density at radius 3 is 2.75 bits per heavy atom. The molecule has 0 saturated carbocycles. The van der Waals surface area contributed by atoms with Crippen LogP contribution in [0.3, 0.4) is 0 Å². The summed E-state index contributed by atoms with van der Waals surface area (Å²) >= 11 is 0. The summed E-state index contributed by atoms with van der Waals surface area (Å²) in [6.07, 6.45) is 3.14. The minimum Gasteiger partial charge on any atom is -0.385 e. The van der Waals surface area contributed by atoms with Crippen LogP contribution in [0.25, 0.3) is 0 Å². The molecule has 1 heterocycles. The van der Waals surface area contributed by atoms with Crippen LogP contribution in [0.15, 0.2) is 17.1 Å². The Morgan fingerprint density at radius 2 is 2.25 bits per heavy atom. The largest absolute Gasteiger partial charge is 0.385 e. The summed E-state index contributed by atoms with van der Waals surface area (Å²) < 4.78 is 10.1. The molecule has 2 atom stereocenters. The third-order valence-electron chi connectivity index (χ3n) is 2.94. The second kappa shape index (κ2) is 7.22. The molecule has 112 valence electrons. The van der Waals surface area contributed by atoms with Gasteiger partial charge in [0, 0.05) is 32.6 Å². The normalized spacial score (nSPS) is 23.6. The van der Waals surface area contributed by atoms with Crippen LogP contribution < -0.4 is 5.32 Å². The Bertz CT molecular complexity index is 435. The number of carbonyl (C=O) groups is 1. The number of nitrogens with one attached hydrogen (secondary N) is 1. The molecule has 0 fully saturated rings. The Balaban J connectivity index is 2.84. The highest BCUT2D eigenvalue weighted by Crippen LogP contribution is 2.18. The van der Waals surface area contributed by atoms with Crippen LogP contribution in [-0.2, 0) is 14.3 Å². The number of ether oxygens (including phenoxy) is 2. The summed E-state index contributed by atoms with van der Waals surface area (Å²) in [7, 11) is 2.99. The maximum atomic E-state index is 11.9. The number of dihydropyridines is 1. The first-order valence-corrected chi connectivity index (χ1v) is 6.19. The molecule has 0 aromatic rings. The molecule has 8 heteroatoms. The molecule has 0 radical (unpaired) electrons. The van der Waals surface area contributed by atoms with E-state index in [-0.39, 0.29) is 0 Å². The molecule has 20 heavy (non-hydrogen) atoms. The molecule has 1 aliphatic rings. The van der Waals surface area contributed by atoms with E-state index in [0.29, 0.717) is 25.2 Å². The summed E-state index contributed by atoms with van der Waals surface area (Å²) in [5.74, 6) is -0.851. The van der Waals surface area contributed by atoms with Crippen molar-refractivity contribution in [3.8, 4) is 0 Å². The van der Waals surface area contributed by atoms with E-state index in [2.05, 4.69) is 10.3 Å². The van der Waals surface area contributed by atoms with Gasteiger partial charge in [0.2, 0.25) is 0 Å². The van der Waals surface area contributed by atoms with Crippen molar-refractivity contribution in [2.75, 3.05) is 20.8 Å². The zero-order chi connectivity index (χ0) is 15.2. The van der Waals surface area contributed by atoms with E-state index in [4.69, 9.17) is 9.47 Å². The van der Waals surface area contributed by atoms with Gasteiger partial charge in [-0.05, 0) is 25.8 Å². The molecule has 0 saturated heterocycles. The zero-order valence-electron chi connectivity index (χ0n) is 11.8. The monoisotopic (exact) mass is 285 g/mol. The number of carbonyl (C=O) groups excluding carboxylic acids is 1. The number of aliphatic imine (C=N–C) groups is 1. The number of amides is 1. The second-order valence-electron chi connectivity index (χ2n) is 4.42. The van der Waals surface area contributed by atoms with Gasteiger partial charge in [-0.25, -0.2) is 10.3 Å². The number of allylic oxidation sites excluding steroid dienone is 1. The Kier molecular flexibility index (Phi) is 5.93. The van der Waals surface area contributed by atoms with Crippen LogP contribution in [0.5, 0.6) is 0 Å². The number of rotatable bonds is 8. The highest BCUT2D eigenvalue weighted by Gasteiger charge is 2.51. The predicted molar refractivity (Wildman–Crippen MR) is 72.0 cm³/mol. The quantitative estimate of drug-likeness (QED) is 0.301. The lowest BCUT2D eigenvalue weighted by Crippen LogP contribution is -2.60. The second-order valence-corrected chi connectivity index (χ2v) is 4.42. The summed E-state index contributed by atoms with van der Waals surface area (Å²) in [6.45, 7) is 2.11. The van der Waals surface area contributed by atoms with Crippen molar-refractivity contribution in [3.63, 3.8) is 0 Å². The lowest BCUT2D eigenvalue weighted by atomic mass is 10.1. The lowest BCUT2D eigenvalue weighted by Gasteiger charge is -2.27. The third kappa shape index (κ3) is 3.69. The molecular formula is C12H19N3O5. The molecular weight excluding hydrogens is 266 g/mol. The van der Waals surface area contributed by atoms with Crippen molar-refractivity contribution in [2.45, 2.75) is 31.7 Å². The van der Waals surface area contributed by atoms with Gasteiger partial charge in [0.1, 0.15) is 6.23 Å². The van der Waals surface area contributed by atoms with Gasteiger partial charge in [-0.2, -0.15) is 0 Å². The zero-order valence-corrected chi connectivity index (χ0v) is 11.8. The topological polar surface area (TPSA) is 103 Å². The van der Waals surface area contributed by atoms with Crippen LogP contribution in [0.2, 0.25) is 0 Å². The van der Waals surface area contributed by atoms with Crippen LogP contribution in [0.1, 0.15) is 19.8 Å². The average Bonchev–Trinajstić information content (AvgIpc) is 2.40. The van der Waals surface area contributed by atoms with Gasteiger partial charge in [-0.3, -0.25) is 14.9 Å². The van der Waals surface area contributed by atoms with Crippen LogP contribution >= 0.6 is 0 Å². The van der Waals surface area contributed by atoms with Crippen molar-refractivity contribution in [1.82, 2.24) is 5.32 Å². The minimum absolute atomic E-state index is 0.433. The van der Waals surface area contributed by atoms with Crippen molar-refractivity contribution >= 4 is 11.6 Å². The molecule has 1 aliphatic heterocycles. The van der Waals surface area contributed by atoms with Crippen molar-refractivity contribution in [1.29, 1.82) is 0 Å². The standard InChI is InChI=1S/C12H19N3O5/c1-9-6-7-12(15(17)18,11(16)13-9)14-10(20-3)5-4-8-19-2/h6-7,10,14H,4-5,8H2,1-3H3. The summed E-state index contributed by atoms with van der Waals surface area (Å²) in [4.78, 5) is 26.2. The van der Waals surface area contributed by atoms with Gasteiger partial charge in [0.15, 0.2) is 0 Å². The third-order valence-corrected chi connectivity index (χ3v) is 2.94. The number of hydrogen-bond donors (Lipinski definition) is 1. The van der Waals surface area contributed by atoms with E-state index in [1.807, 2.05) is 0 Å². The van der Waals surface area contributed by atoms with Gasteiger partial charge in [-0.15, -0.1) is 0 Å². The van der Waals surface area contributed by atoms with Gasteiger partial charge >= 0.3 is 11.6 Å². The molecule has 0 aromatic carbocycles. The molecule has 0 aliphatic carbocycles.